The monoisotopic (exact) mass is 281 g/mol. The normalized spacial score (nSPS) is 10.8. The summed E-state index contributed by atoms with van der Waals surface area (Å²) in [6, 6.07) is 14.0. The molecule has 0 saturated heterocycles. The van der Waals surface area contributed by atoms with E-state index in [2.05, 4.69) is 42.9 Å². The summed E-state index contributed by atoms with van der Waals surface area (Å²) in [5.74, 6) is 1.68. The summed E-state index contributed by atoms with van der Waals surface area (Å²) in [7, 11) is 3.73. The molecule has 3 aromatic rings. The first kappa shape index (κ1) is 13.6. The summed E-state index contributed by atoms with van der Waals surface area (Å²) in [5, 5.41) is 1.29. The molecule has 2 aromatic carbocycles. The molecule has 0 aliphatic rings. The van der Waals surface area contributed by atoms with Gasteiger partial charge in [-0.15, -0.1) is 0 Å². The molecule has 0 amide bonds. The molecule has 21 heavy (non-hydrogen) atoms. The number of aromatic nitrogens is 1. The molecule has 0 atom stereocenters. The highest BCUT2D eigenvalue weighted by molar-refractivity contribution is 5.87. The molecule has 1 heterocycles. The van der Waals surface area contributed by atoms with Gasteiger partial charge < -0.3 is 14.0 Å². The Labute approximate surface area is 124 Å². The number of rotatable bonds is 4. The second kappa shape index (κ2) is 5.52. The predicted octanol–water partition coefficient (Wildman–Crippen LogP) is 4.07. The fraction of sp³-hybridized carbons (Fsp3) is 0.222. The molecule has 0 bridgehead atoms. The standard InChI is InChI=1S/C18H19NO2/c1-13-5-4-6-17-18(13)14(11-19(17)2)12-21-16-9-7-15(20-3)8-10-16/h4-11H,12H2,1-3H3. The minimum absolute atomic E-state index is 0.564. The number of aryl methyl sites for hydroxylation is 2. The Hall–Kier alpha value is -2.42. The first-order valence-corrected chi connectivity index (χ1v) is 6.99. The lowest BCUT2D eigenvalue weighted by Gasteiger charge is -2.07. The summed E-state index contributed by atoms with van der Waals surface area (Å²) in [5.41, 5.74) is 3.73. The van der Waals surface area contributed by atoms with E-state index in [4.69, 9.17) is 9.47 Å². The third-order valence-electron chi connectivity index (χ3n) is 3.76. The zero-order valence-corrected chi connectivity index (χ0v) is 12.6. The van der Waals surface area contributed by atoms with Crippen LogP contribution >= 0.6 is 0 Å². The van der Waals surface area contributed by atoms with Gasteiger partial charge >= 0.3 is 0 Å². The van der Waals surface area contributed by atoms with E-state index < -0.39 is 0 Å². The van der Waals surface area contributed by atoms with Crippen LogP contribution in [0.3, 0.4) is 0 Å². The van der Waals surface area contributed by atoms with E-state index in [0.717, 1.165) is 11.5 Å². The molecular formula is C18H19NO2. The van der Waals surface area contributed by atoms with Crippen molar-refractivity contribution in [3.05, 3.63) is 59.8 Å². The Morgan fingerprint density at radius 2 is 1.71 bits per heavy atom. The van der Waals surface area contributed by atoms with Crippen LogP contribution in [0.2, 0.25) is 0 Å². The second-order valence-corrected chi connectivity index (χ2v) is 5.20. The molecule has 108 valence electrons. The van der Waals surface area contributed by atoms with Gasteiger partial charge in [0.05, 0.1) is 7.11 Å². The molecule has 0 radical (unpaired) electrons. The van der Waals surface area contributed by atoms with Crippen molar-refractivity contribution in [1.29, 1.82) is 0 Å². The van der Waals surface area contributed by atoms with Crippen molar-refractivity contribution in [3.63, 3.8) is 0 Å². The van der Waals surface area contributed by atoms with Crippen LogP contribution in [-0.4, -0.2) is 11.7 Å². The van der Waals surface area contributed by atoms with Gasteiger partial charge in [0.15, 0.2) is 0 Å². The van der Waals surface area contributed by atoms with Crippen molar-refractivity contribution >= 4 is 10.9 Å². The summed E-state index contributed by atoms with van der Waals surface area (Å²) in [4.78, 5) is 0. The number of hydrogen-bond donors (Lipinski definition) is 0. The van der Waals surface area contributed by atoms with Crippen LogP contribution in [0.1, 0.15) is 11.1 Å². The third kappa shape index (κ3) is 2.59. The maximum atomic E-state index is 5.90. The summed E-state index contributed by atoms with van der Waals surface area (Å²) >= 11 is 0. The largest absolute Gasteiger partial charge is 0.497 e. The number of fused-ring (bicyclic) bond motifs is 1. The molecule has 0 fully saturated rings. The van der Waals surface area contributed by atoms with E-state index >= 15 is 0 Å². The van der Waals surface area contributed by atoms with Gasteiger partial charge in [-0.2, -0.15) is 0 Å². The lowest BCUT2D eigenvalue weighted by Crippen LogP contribution is -1.95. The van der Waals surface area contributed by atoms with Crippen LogP contribution in [0.5, 0.6) is 11.5 Å². The van der Waals surface area contributed by atoms with E-state index in [-0.39, 0.29) is 0 Å². The van der Waals surface area contributed by atoms with Crippen molar-refractivity contribution in [1.82, 2.24) is 4.57 Å². The predicted molar refractivity (Wildman–Crippen MR) is 85.0 cm³/mol. The smallest absolute Gasteiger partial charge is 0.120 e. The highest BCUT2D eigenvalue weighted by Crippen LogP contribution is 2.26. The molecule has 3 nitrogen and oxygen atoms in total. The molecular weight excluding hydrogens is 262 g/mol. The van der Waals surface area contributed by atoms with Gasteiger partial charge in [-0.05, 0) is 42.8 Å². The summed E-state index contributed by atoms with van der Waals surface area (Å²) < 4.78 is 13.2. The maximum absolute atomic E-state index is 5.90. The van der Waals surface area contributed by atoms with E-state index in [1.54, 1.807) is 7.11 Å². The van der Waals surface area contributed by atoms with Gasteiger partial charge in [-0.1, -0.05) is 12.1 Å². The van der Waals surface area contributed by atoms with Crippen molar-refractivity contribution in [3.8, 4) is 11.5 Å². The number of hydrogen-bond acceptors (Lipinski definition) is 2. The lowest BCUT2D eigenvalue weighted by atomic mass is 10.1. The molecule has 0 aliphatic heterocycles. The number of nitrogens with zero attached hydrogens (tertiary/aromatic N) is 1. The molecule has 3 heteroatoms. The van der Waals surface area contributed by atoms with Gasteiger partial charge in [0, 0.05) is 29.7 Å². The molecule has 3 rings (SSSR count). The van der Waals surface area contributed by atoms with Crippen LogP contribution in [-0.2, 0) is 13.7 Å². The zero-order chi connectivity index (χ0) is 14.8. The van der Waals surface area contributed by atoms with E-state index in [1.807, 2.05) is 24.3 Å². The molecule has 0 saturated carbocycles. The SMILES string of the molecule is COc1ccc(OCc2cn(C)c3cccc(C)c23)cc1. The van der Waals surface area contributed by atoms with Gasteiger partial charge in [-0.3, -0.25) is 0 Å². The van der Waals surface area contributed by atoms with Crippen molar-refractivity contribution < 1.29 is 9.47 Å². The van der Waals surface area contributed by atoms with Crippen LogP contribution in [0, 0.1) is 6.92 Å². The topological polar surface area (TPSA) is 23.4 Å². The zero-order valence-electron chi connectivity index (χ0n) is 12.6. The van der Waals surface area contributed by atoms with Gasteiger partial charge in [0.2, 0.25) is 0 Å². The van der Waals surface area contributed by atoms with Crippen LogP contribution < -0.4 is 9.47 Å². The van der Waals surface area contributed by atoms with Gasteiger partial charge in [0.25, 0.3) is 0 Å². The van der Waals surface area contributed by atoms with Crippen molar-refractivity contribution in [2.45, 2.75) is 13.5 Å². The van der Waals surface area contributed by atoms with E-state index in [1.165, 1.54) is 22.0 Å². The molecule has 0 unspecified atom stereocenters. The fourth-order valence-electron chi connectivity index (χ4n) is 2.67. The number of ether oxygens (including phenoxy) is 2. The van der Waals surface area contributed by atoms with Crippen molar-refractivity contribution in [2.24, 2.45) is 7.05 Å². The quantitative estimate of drug-likeness (QED) is 0.719. The minimum atomic E-state index is 0.564. The Kier molecular flexibility index (Phi) is 3.57. The Morgan fingerprint density at radius 3 is 2.43 bits per heavy atom. The lowest BCUT2D eigenvalue weighted by molar-refractivity contribution is 0.306. The van der Waals surface area contributed by atoms with Crippen molar-refractivity contribution in [2.75, 3.05) is 7.11 Å². The molecule has 1 aromatic heterocycles. The molecule has 0 spiro atoms. The fourth-order valence-corrected chi connectivity index (χ4v) is 2.67. The maximum Gasteiger partial charge on any atom is 0.120 e. The van der Waals surface area contributed by atoms with Gasteiger partial charge in [-0.25, -0.2) is 0 Å². The number of methoxy groups -OCH3 is 1. The minimum Gasteiger partial charge on any atom is -0.497 e. The van der Waals surface area contributed by atoms with Gasteiger partial charge in [0.1, 0.15) is 18.1 Å². The van der Waals surface area contributed by atoms with Crippen LogP contribution in [0.4, 0.5) is 0 Å². The average Bonchev–Trinajstić information content (AvgIpc) is 2.84. The average molecular weight is 281 g/mol. The summed E-state index contributed by atoms with van der Waals surface area (Å²) in [6.07, 6.45) is 2.14. The third-order valence-corrected chi connectivity index (χ3v) is 3.76. The first-order chi connectivity index (χ1) is 10.2. The highest BCUT2D eigenvalue weighted by atomic mass is 16.5. The van der Waals surface area contributed by atoms with E-state index in [0.29, 0.717) is 6.61 Å². The Bertz CT molecular complexity index is 757. The second-order valence-electron chi connectivity index (χ2n) is 5.20. The van der Waals surface area contributed by atoms with E-state index in [9.17, 15) is 0 Å². The molecule has 0 aliphatic carbocycles. The van der Waals surface area contributed by atoms with Crippen LogP contribution in [0.15, 0.2) is 48.7 Å². The number of benzene rings is 2. The summed E-state index contributed by atoms with van der Waals surface area (Å²) in [6.45, 7) is 2.70. The Morgan fingerprint density at radius 1 is 1.00 bits per heavy atom. The molecule has 0 N–H and O–H groups in total. The Balaban J connectivity index is 1.84. The highest BCUT2D eigenvalue weighted by Gasteiger charge is 2.09. The first-order valence-electron chi connectivity index (χ1n) is 6.99. The van der Waals surface area contributed by atoms with Crippen LogP contribution in [0.25, 0.3) is 10.9 Å².